The average molecular weight is 359 g/mol. The van der Waals surface area contributed by atoms with Gasteiger partial charge in [0, 0.05) is 5.02 Å². The number of nitrogens with one attached hydrogen (secondary N) is 1. The summed E-state index contributed by atoms with van der Waals surface area (Å²) in [6.07, 6.45) is 0. The van der Waals surface area contributed by atoms with E-state index in [4.69, 9.17) is 39.5 Å². The van der Waals surface area contributed by atoms with Crippen molar-refractivity contribution in [3.05, 3.63) is 56.5 Å². The molecule has 1 amide bonds. The highest BCUT2D eigenvalue weighted by Gasteiger charge is 2.12. The van der Waals surface area contributed by atoms with Crippen molar-refractivity contribution in [3.8, 4) is 5.75 Å². The molecule has 0 bridgehead atoms. The zero-order valence-corrected chi connectivity index (χ0v) is 14.3. The quantitative estimate of drug-likeness (QED) is 0.807. The molecule has 3 nitrogen and oxygen atoms in total. The normalized spacial score (nSPS) is 10.4. The number of carbonyl (C=O) groups excluding carboxylic acids is 1. The first kappa shape index (κ1) is 16.9. The molecule has 116 valence electrons. The van der Waals surface area contributed by atoms with E-state index < -0.39 is 0 Å². The van der Waals surface area contributed by atoms with Crippen LogP contribution in [0.5, 0.6) is 5.75 Å². The number of halogens is 3. The van der Waals surface area contributed by atoms with Gasteiger partial charge in [0.05, 0.1) is 15.7 Å². The molecule has 0 atom stereocenters. The van der Waals surface area contributed by atoms with Crippen molar-refractivity contribution < 1.29 is 9.53 Å². The molecule has 0 fully saturated rings. The van der Waals surface area contributed by atoms with Crippen LogP contribution in [0, 0.1) is 13.8 Å². The maximum absolute atomic E-state index is 11.9. The highest BCUT2D eigenvalue weighted by Crippen LogP contribution is 2.33. The van der Waals surface area contributed by atoms with Crippen molar-refractivity contribution in [1.82, 2.24) is 0 Å². The maximum atomic E-state index is 11.9. The van der Waals surface area contributed by atoms with Gasteiger partial charge in [-0.2, -0.15) is 0 Å². The van der Waals surface area contributed by atoms with Crippen molar-refractivity contribution in [2.24, 2.45) is 0 Å². The summed E-state index contributed by atoms with van der Waals surface area (Å²) in [7, 11) is 0. The van der Waals surface area contributed by atoms with Crippen molar-refractivity contribution in [1.29, 1.82) is 0 Å². The highest BCUT2D eigenvalue weighted by molar-refractivity contribution is 6.42. The topological polar surface area (TPSA) is 38.3 Å². The predicted molar refractivity (Wildman–Crippen MR) is 91.5 cm³/mol. The van der Waals surface area contributed by atoms with E-state index in [1.165, 1.54) is 12.1 Å². The number of aryl methyl sites for hydroxylation is 2. The van der Waals surface area contributed by atoms with Crippen LogP contribution < -0.4 is 10.1 Å². The minimum Gasteiger partial charge on any atom is -0.484 e. The Morgan fingerprint density at radius 1 is 1.05 bits per heavy atom. The van der Waals surface area contributed by atoms with Gasteiger partial charge in [-0.25, -0.2) is 0 Å². The lowest BCUT2D eigenvalue weighted by Crippen LogP contribution is -2.20. The molecule has 22 heavy (non-hydrogen) atoms. The Labute approximate surface area is 144 Å². The highest BCUT2D eigenvalue weighted by atomic mass is 35.5. The fourth-order valence-electron chi connectivity index (χ4n) is 1.79. The van der Waals surface area contributed by atoms with E-state index in [1.807, 2.05) is 32.0 Å². The smallest absolute Gasteiger partial charge is 0.262 e. The summed E-state index contributed by atoms with van der Waals surface area (Å²) in [6, 6.07) is 8.65. The summed E-state index contributed by atoms with van der Waals surface area (Å²) in [6.45, 7) is 3.85. The van der Waals surface area contributed by atoms with Gasteiger partial charge in [-0.3, -0.25) is 4.79 Å². The first-order valence-electron chi connectivity index (χ1n) is 6.51. The van der Waals surface area contributed by atoms with E-state index in [0.29, 0.717) is 16.5 Å². The lowest BCUT2D eigenvalue weighted by molar-refractivity contribution is -0.118. The Balaban J connectivity index is 2.00. The Hall–Kier alpha value is -1.42. The number of hydrogen-bond acceptors (Lipinski definition) is 2. The Morgan fingerprint density at radius 2 is 1.68 bits per heavy atom. The number of benzene rings is 2. The Kier molecular flexibility index (Phi) is 5.57. The first-order valence-corrected chi connectivity index (χ1v) is 7.64. The predicted octanol–water partition coefficient (Wildman–Crippen LogP) is 5.28. The van der Waals surface area contributed by atoms with Gasteiger partial charge < -0.3 is 10.1 Å². The molecule has 0 aliphatic rings. The fourth-order valence-corrected chi connectivity index (χ4v) is 2.70. The Morgan fingerprint density at radius 3 is 2.27 bits per heavy atom. The van der Waals surface area contributed by atoms with Gasteiger partial charge in [0.25, 0.3) is 5.91 Å². The van der Waals surface area contributed by atoms with Crippen molar-refractivity contribution >= 4 is 46.4 Å². The van der Waals surface area contributed by atoms with Gasteiger partial charge in [0.2, 0.25) is 0 Å². The monoisotopic (exact) mass is 357 g/mol. The SMILES string of the molecule is Cc1ccc(OCC(=O)Nc2c(Cl)cc(Cl)cc2Cl)cc1C. The molecule has 0 aromatic heterocycles. The summed E-state index contributed by atoms with van der Waals surface area (Å²) in [5.41, 5.74) is 2.58. The second kappa shape index (κ2) is 7.23. The summed E-state index contributed by atoms with van der Waals surface area (Å²) < 4.78 is 5.46. The van der Waals surface area contributed by atoms with E-state index in [1.54, 1.807) is 0 Å². The second-order valence-corrected chi connectivity index (χ2v) is 6.08. The van der Waals surface area contributed by atoms with Gasteiger partial charge >= 0.3 is 0 Å². The molecule has 2 aromatic carbocycles. The average Bonchev–Trinajstić information content (AvgIpc) is 2.44. The molecule has 0 radical (unpaired) electrons. The van der Waals surface area contributed by atoms with Crippen LogP contribution in [0.15, 0.2) is 30.3 Å². The molecule has 0 spiro atoms. The maximum Gasteiger partial charge on any atom is 0.262 e. The van der Waals surface area contributed by atoms with Gasteiger partial charge in [-0.1, -0.05) is 40.9 Å². The number of anilines is 1. The van der Waals surface area contributed by atoms with Crippen LogP contribution in [0.2, 0.25) is 15.1 Å². The summed E-state index contributed by atoms with van der Waals surface area (Å²) >= 11 is 17.8. The van der Waals surface area contributed by atoms with Gasteiger partial charge in [-0.05, 0) is 49.2 Å². The van der Waals surface area contributed by atoms with Crippen LogP contribution in [0.25, 0.3) is 0 Å². The van der Waals surface area contributed by atoms with Crippen LogP contribution in [0.4, 0.5) is 5.69 Å². The van der Waals surface area contributed by atoms with Gasteiger partial charge in [-0.15, -0.1) is 0 Å². The lowest BCUT2D eigenvalue weighted by atomic mass is 10.1. The molecule has 0 saturated carbocycles. The Bertz CT molecular complexity index is 694. The van der Waals surface area contributed by atoms with Crippen LogP contribution in [0.1, 0.15) is 11.1 Å². The molecule has 2 aromatic rings. The minimum absolute atomic E-state index is 0.141. The molecule has 0 saturated heterocycles. The standard InChI is InChI=1S/C16H14Cl3NO2/c1-9-3-4-12(5-10(9)2)22-8-15(21)20-16-13(18)6-11(17)7-14(16)19/h3-7H,8H2,1-2H3,(H,20,21). The zero-order valence-electron chi connectivity index (χ0n) is 12.0. The third-order valence-corrected chi connectivity index (χ3v) is 3.93. The second-order valence-electron chi connectivity index (χ2n) is 4.83. The fraction of sp³-hybridized carbons (Fsp3) is 0.188. The van der Waals surface area contributed by atoms with Gasteiger partial charge in [0.15, 0.2) is 6.61 Å². The van der Waals surface area contributed by atoms with Crippen LogP contribution in [-0.2, 0) is 4.79 Å². The van der Waals surface area contributed by atoms with Crippen molar-refractivity contribution in [2.75, 3.05) is 11.9 Å². The van der Waals surface area contributed by atoms with Crippen molar-refractivity contribution in [3.63, 3.8) is 0 Å². The van der Waals surface area contributed by atoms with Crippen LogP contribution in [-0.4, -0.2) is 12.5 Å². The molecule has 6 heteroatoms. The zero-order chi connectivity index (χ0) is 16.3. The number of ether oxygens (including phenoxy) is 1. The summed E-state index contributed by atoms with van der Waals surface area (Å²) in [5.74, 6) is 0.274. The number of carbonyl (C=O) groups is 1. The molecular weight excluding hydrogens is 345 g/mol. The summed E-state index contributed by atoms with van der Waals surface area (Å²) in [5, 5.41) is 3.57. The first-order chi connectivity index (χ1) is 10.4. The van der Waals surface area contributed by atoms with E-state index >= 15 is 0 Å². The largest absolute Gasteiger partial charge is 0.484 e. The third-order valence-electron chi connectivity index (χ3n) is 3.12. The molecule has 0 aliphatic heterocycles. The summed E-state index contributed by atoms with van der Waals surface area (Å²) in [4.78, 5) is 11.9. The van der Waals surface area contributed by atoms with E-state index in [0.717, 1.165) is 11.1 Å². The molecular formula is C16H14Cl3NO2. The molecule has 0 aliphatic carbocycles. The van der Waals surface area contributed by atoms with E-state index in [9.17, 15) is 4.79 Å². The number of rotatable bonds is 4. The molecule has 2 rings (SSSR count). The minimum atomic E-state index is -0.357. The van der Waals surface area contributed by atoms with Crippen LogP contribution in [0.3, 0.4) is 0 Å². The van der Waals surface area contributed by atoms with E-state index in [2.05, 4.69) is 5.32 Å². The van der Waals surface area contributed by atoms with Crippen molar-refractivity contribution in [2.45, 2.75) is 13.8 Å². The molecule has 1 N–H and O–H groups in total. The third kappa shape index (κ3) is 4.29. The lowest BCUT2D eigenvalue weighted by Gasteiger charge is -2.11. The van der Waals surface area contributed by atoms with E-state index in [-0.39, 0.29) is 22.6 Å². The molecule has 0 unspecified atom stereocenters. The van der Waals surface area contributed by atoms with Crippen LogP contribution >= 0.6 is 34.8 Å². The number of hydrogen-bond donors (Lipinski definition) is 1. The number of amides is 1. The molecule has 0 heterocycles. The van der Waals surface area contributed by atoms with Gasteiger partial charge in [0.1, 0.15) is 5.75 Å².